The molecule has 112 valence electrons. The van der Waals surface area contributed by atoms with Gasteiger partial charge in [0.2, 0.25) is 5.91 Å². The van der Waals surface area contributed by atoms with Gasteiger partial charge in [0.25, 0.3) is 0 Å². The minimum atomic E-state index is -0.395. The van der Waals surface area contributed by atoms with Crippen molar-refractivity contribution < 1.29 is 9.90 Å². The Morgan fingerprint density at radius 1 is 1.35 bits per heavy atom. The minimum absolute atomic E-state index is 0.0721. The Morgan fingerprint density at radius 3 is 2.50 bits per heavy atom. The quantitative estimate of drug-likeness (QED) is 0.875. The van der Waals surface area contributed by atoms with Crippen molar-refractivity contribution in [3.8, 4) is 0 Å². The van der Waals surface area contributed by atoms with Crippen molar-refractivity contribution in [3.63, 3.8) is 0 Å². The van der Waals surface area contributed by atoms with Crippen molar-refractivity contribution in [3.05, 3.63) is 34.9 Å². The molecule has 0 saturated heterocycles. The van der Waals surface area contributed by atoms with Crippen LogP contribution in [0.2, 0.25) is 5.02 Å². The third-order valence-corrected chi connectivity index (χ3v) is 3.63. The number of hydrogen-bond acceptors (Lipinski definition) is 2. The SMILES string of the molecule is CC(O)CCN(C)C(=O)C(c1cccc(Cl)c1)C(C)C. The van der Waals surface area contributed by atoms with E-state index in [4.69, 9.17) is 11.6 Å². The van der Waals surface area contributed by atoms with E-state index in [9.17, 15) is 9.90 Å². The maximum atomic E-state index is 12.6. The molecule has 1 rings (SSSR count). The van der Waals surface area contributed by atoms with Gasteiger partial charge in [-0.3, -0.25) is 4.79 Å². The fourth-order valence-corrected chi connectivity index (χ4v) is 2.44. The standard InChI is InChI=1S/C16H24ClNO2/c1-11(2)15(13-6-5-7-14(17)10-13)16(20)18(4)9-8-12(3)19/h5-7,10-12,15,19H,8-9H2,1-4H3. The van der Waals surface area contributed by atoms with E-state index in [1.807, 2.05) is 38.1 Å². The van der Waals surface area contributed by atoms with E-state index >= 15 is 0 Å². The second kappa shape index (κ2) is 7.65. The molecular weight excluding hydrogens is 274 g/mol. The maximum Gasteiger partial charge on any atom is 0.230 e. The molecule has 2 atom stereocenters. The Balaban J connectivity index is 2.88. The number of halogens is 1. The van der Waals surface area contributed by atoms with Crippen LogP contribution in [0, 0.1) is 5.92 Å². The van der Waals surface area contributed by atoms with Gasteiger partial charge in [0.05, 0.1) is 12.0 Å². The summed E-state index contributed by atoms with van der Waals surface area (Å²) in [6.07, 6.45) is 0.191. The van der Waals surface area contributed by atoms with Crippen LogP contribution >= 0.6 is 11.6 Å². The van der Waals surface area contributed by atoms with E-state index in [0.29, 0.717) is 18.0 Å². The van der Waals surface area contributed by atoms with Crippen LogP contribution in [-0.2, 0) is 4.79 Å². The predicted octanol–water partition coefficient (Wildman–Crippen LogP) is 3.31. The normalized spacial score (nSPS) is 14.2. The first-order chi connectivity index (χ1) is 9.32. The molecule has 0 aliphatic rings. The lowest BCUT2D eigenvalue weighted by Crippen LogP contribution is -2.35. The van der Waals surface area contributed by atoms with E-state index in [-0.39, 0.29) is 17.7 Å². The van der Waals surface area contributed by atoms with Crippen LogP contribution in [0.3, 0.4) is 0 Å². The highest BCUT2D eigenvalue weighted by atomic mass is 35.5. The van der Waals surface area contributed by atoms with Crippen LogP contribution < -0.4 is 0 Å². The molecule has 0 saturated carbocycles. The zero-order chi connectivity index (χ0) is 15.3. The number of carbonyl (C=O) groups excluding carboxylic acids is 1. The molecule has 1 aromatic rings. The molecule has 1 aromatic carbocycles. The lowest BCUT2D eigenvalue weighted by atomic mass is 9.87. The fourth-order valence-electron chi connectivity index (χ4n) is 2.24. The second-order valence-electron chi connectivity index (χ2n) is 5.67. The molecule has 2 unspecified atom stereocenters. The maximum absolute atomic E-state index is 12.6. The number of likely N-dealkylation sites (N-methyl/N-ethyl adjacent to an activating group) is 1. The van der Waals surface area contributed by atoms with Crippen LogP contribution in [0.4, 0.5) is 0 Å². The summed E-state index contributed by atoms with van der Waals surface area (Å²) in [6.45, 7) is 6.35. The number of benzene rings is 1. The molecule has 0 spiro atoms. The molecule has 3 nitrogen and oxygen atoms in total. The highest BCUT2D eigenvalue weighted by Crippen LogP contribution is 2.28. The summed E-state index contributed by atoms with van der Waals surface area (Å²) in [4.78, 5) is 14.3. The van der Waals surface area contributed by atoms with Gasteiger partial charge >= 0.3 is 0 Å². The zero-order valence-electron chi connectivity index (χ0n) is 12.6. The molecule has 0 bridgehead atoms. The van der Waals surface area contributed by atoms with Crippen molar-refractivity contribution in [1.29, 1.82) is 0 Å². The smallest absolute Gasteiger partial charge is 0.230 e. The summed E-state index contributed by atoms with van der Waals surface area (Å²) in [5, 5.41) is 9.97. The van der Waals surface area contributed by atoms with Crippen molar-refractivity contribution >= 4 is 17.5 Å². The first-order valence-corrected chi connectivity index (χ1v) is 7.39. The fraction of sp³-hybridized carbons (Fsp3) is 0.562. The molecule has 4 heteroatoms. The van der Waals surface area contributed by atoms with Gasteiger partial charge in [-0.15, -0.1) is 0 Å². The first-order valence-electron chi connectivity index (χ1n) is 7.01. The molecule has 1 N–H and O–H groups in total. The number of carbonyl (C=O) groups is 1. The minimum Gasteiger partial charge on any atom is -0.393 e. The van der Waals surface area contributed by atoms with Gasteiger partial charge in [0, 0.05) is 18.6 Å². The number of nitrogens with zero attached hydrogens (tertiary/aromatic N) is 1. The molecule has 0 aromatic heterocycles. The van der Waals surface area contributed by atoms with Crippen LogP contribution in [0.25, 0.3) is 0 Å². The molecule has 20 heavy (non-hydrogen) atoms. The Morgan fingerprint density at radius 2 is 2.00 bits per heavy atom. The second-order valence-corrected chi connectivity index (χ2v) is 6.11. The summed E-state index contributed by atoms with van der Waals surface area (Å²) < 4.78 is 0. The molecule has 0 fully saturated rings. The Bertz CT molecular complexity index is 446. The van der Waals surface area contributed by atoms with Crippen LogP contribution in [0.1, 0.15) is 38.7 Å². The van der Waals surface area contributed by atoms with Gasteiger partial charge in [-0.05, 0) is 37.0 Å². The predicted molar refractivity (Wildman–Crippen MR) is 83.0 cm³/mol. The van der Waals surface area contributed by atoms with E-state index in [2.05, 4.69) is 0 Å². The summed E-state index contributed by atoms with van der Waals surface area (Å²) >= 11 is 6.02. The lowest BCUT2D eigenvalue weighted by Gasteiger charge is -2.27. The molecule has 0 aliphatic heterocycles. The average molecular weight is 298 g/mol. The number of aliphatic hydroxyl groups is 1. The largest absolute Gasteiger partial charge is 0.393 e. The Kier molecular flexibility index (Phi) is 6.50. The monoisotopic (exact) mass is 297 g/mol. The van der Waals surface area contributed by atoms with Crippen molar-refractivity contribution in [2.45, 2.75) is 39.2 Å². The van der Waals surface area contributed by atoms with Gasteiger partial charge < -0.3 is 10.0 Å². The Labute approximate surface area is 126 Å². The molecule has 0 heterocycles. The van der Waals surface area contributed by atoms with E-state index in [1.165, 1.54) is 0 Å². The number of aliphatic hydroxyl groups excluding tert-OH is 1. The number of rotatable bonds is 6. The molecule has 1 amide bonds. The van der Waals surface area contributed by atoms with Crippen molar-refractivity contribution in [2.75, 3.05) is 13.6 Å². The first kappa shape index (κ1) is 17.0. The van der Waals surface area contributed by atoms with E-state index < -0.39 is 6.10 Å². The molecular formula is C16H24ClNO2. The van der Waals surface area contributed by atoms with Crippen molar-refractivity contribution in [1.82, 2.24) is 4.90 Å². The summed E-state index contributed by atoms with van der Waals surface area (Å²) in [5.74, 6) is 0.0607. The topological polar surface area (TPSA) is 40.5 Å². The lowest BCUT2D eigenvalue weighted by molar-refractivity contribution is -0.132. The third-order valence-electron chi connectivity index (χ3n) is 3.40. The number of hydrogen-bond donors (Lipinski definition) is 1. The Hall–Kier alpha value is -1.06. The van der Waals surface area contributed by atoms with Gasteiger partial charge in [-0.2, -0.15) is 0 Å². The average Bonchev–Trinajstić information content (AvgIpc) is 2.35. The van der Waals surface area contributed by atoms with Gasteiger partial charge in [-0.25, -0.2) is 0 Å². The van der Waals surface area contributed by atoms with Crippen LogP contribution in [0.5, 0.6) is 0 Å². The highest BCUT2D eigenvalue weighted by molar-refractivity contribution is 6.30. The highest BCUT2D eigenvalue weighted by Gasteiger charge is 2.27. The van der Waals surface area contributed by atoms with Crippen LogP contribution in [0.15, 0.2) is 24.3 Å². The van der Waals surface area contributed by atoms with E-state index in [1.54, 1.807) is 18.9 Å². The van der Waals surface area contributed by atoms with Gasteiger partial charge in [-0.1, -0.05) is 37.6 Å². The molecule has 0 aliphatic carbocycles. The summed E-state index contributed by atoms with van der Waals surface area (Å²) in [5.41, 5.74) is 0.946. The van der Waals surface area contributed by atoms with E-state index in [0.717, 1.165) is 5.56 Å². The summed E-state index contributed by atoms with van der Waals surface area (Å²) in [6, 6.07) is 7.48. The van der Waals surface area contributed by atoms with Crippen molar-refractivity contribution in [2.24, 2.45) is 5.92 Å². The molecule has 0 radical (unpaired) electrons. The summed E-state index contributed by atoms with van der Waals surface area (Å²) in [7, 11) is 1.78. The van der Waals surface area contributed by atoms with Gasteiger partial charge in [0.15, 0.2) is 0 Å². The zero-order valence-corrected chi connectivity index (χ0v) is 13.4. The van der Waals surface area contributed by atoms with Crippen LogP contribution in [-0.4, -0.2) is 35.6 Å². The van der Waals surface area contributed by atoms with Gasteiger partial charge in [0.1, 0.15) is 0 Å². The third kappa shape index (κ3) is 4.80. The number of amides is 1.